The second-order valence-corrected chi connectivity index (χ2v) is 6.84. The van der Waals surface area contributed by atoms with E-state index in [1.165, 1.54) is 5.69 Å². The molecule has 0 radical (unpaired) electrons. The van der Waals surface area contributed by atoms with Gasteiger partial charge in [-0.2, -0.15) is 0 Å². The number of pyridine rings is 1. The highest BCUT2D eigenvalue weighted by Gasteiger charge is 2.29. The van der Waals surface area contributed by atoms with Gasteiger partial charge in [-0.15, -0.1) is 0 Å². The number of amides is 1. The van der Waals surface area contributed by atoms with Crippen molar-refractivity contribution in [2.24, 2.45) is 7.05 Å². The number of aromatic nitrogens is 3. The highest BCUT2D eigenvalue weighted by molar-refractivity contribution is 5.94. The van der Waals surface area contributed by atoms with Crippen molar-refractivity contribution in [1.29, 1.82) is 0 Å². The van der Waals surface area contributed by atoms with E-state index in [9.17, 15) is 4.79 Å². The van der Waals surface area contributed by atoms with E-state index >= 15 is 0 Å². The highest BCUT2D eigenvalue weighted by atomic mass is 16.5. The molecule has 0 saturated carbocycles. The first kappa shape index (κ1) is 17.3. The molecule has 1 fully saturated rings. The van der Waals surface area contributed by atoms with Crippen LogP contribution in [0.15, 0.2) is 61.3 Å². The molecule has 0 N–H and O–H groups in total. The molecule has 27 heavy (non-hydrogen) atoms. The average Bonchev–Trinajstić information content (AvgIpc) is 3.36. The van der Waals surface area contributed by atoms with Crippen LogP contribution in [0.2, 0.25) is 0 Å². The topological polar surface area (TPSA) is 60.2 Å². The molecule has 0 spiro atoms. The van der Waals surface area contributed by atoms with Crippen LogP contribution in [0.3, 0.4) is 0 Å². The van der Waals surface area contributed by atoms with Gasteiger partial charge in [-0.1, -0.05) is 6.07 Å². The lowest BCUT2D eigenvalue weighted by Crippen LogP contribution is -2.28. The summed E-state index contributed by atoms with van der Waals surface area (Å²) in [4.78, 5) is 23.0. The second-order valence-electron chi connectivity index (χ2n) is 6.84. The number of imidazole rings is 1. The molecule has 3 aromatic rings. The summed E-state index contributed by atoms with van der Waals surface area (Å²) >= 11 is 0. The summed E-state index contributed by atoms with van der Waals surface area (Å²) in [6, 6.07) is 11.2. The zero-order valence-corrected chi connectivity index (χ0v) is 15.3. The molecule has 1 aromatic carbocycles. The van der Waals surface area contributed by atoms with Gasteiger partial charge in [-0.05, 0) is 36.8 Å². The minimum absolute atomic E-state index is 0.0680. The Morgan fingerprint density at radius 1 is 1.19 bits per heavy atom. The number of hydrogen-bond acceptors (Lipinski definition) is 4. The fraction of sp³-hybridized carbons (Fsp3) is 0.286. The van der Waals surface area contributed by atoms with Gasteiger partial charge in [-0.25, -0.2) is 4.98 Å². The van der Waals surface area contributed by atoms with Gasteiger partial charge in [0.2, 0.25) is 0 Å². The van der Waals surface area contributed by atoms with Gasteiger partial charge >= 0.3 is 0 Å². The molecule has 1 aliphatic rings. The lowest BCUT2D eigenvalue weighted by molar-refractivity contribution is 0.0790. The summed E-state index contributed by atoms with van der Waals surface area (Å²) in [5.74, 6) is 1.16. The number of likely N-dealkylation sites (tertiary alicyclic amines) is 1. The maximum atomic E-state index is 12.8. The maximum absolute atomic E-state index is 12.8. The Morgan fingerprint density at radius 3 is 2.74 bits per heavy atom. The number of ether oxygens (including phenoxy) is 1. The van der Waals surface area contributed by atoms with Crippen LogP contribution in [0.4, 0.5) is 0 Å². The Kier molecular flexibility index (Phi) is 4.87. The average molecular weight is 362 g/mol. The van der Waals surface area contributed by atoms with E-state index in [0.29, 0.717) is 18.1 Å². The molecule has 1 aliphatic heterocycles. The molecule has 1 atom stereocenters. The van der Waals surface area contributed by atoms with Crippen LogP contribution < -0.4 is 4.74 Å². The van der Waals surface area contributed by atoms with Crippen LogP contribution in [0.5, 0.6) is 5.75 Å². The zero-order valence-electron chi connectivity index (χ0n) is 15.3. The number of benzene rings is 1. The predicted octanol–water partition coefficient (Wildman–Crippen LogP) is 3.02. The van der Waals surface area contributed by atoms with E-state index in [2.05, 4.69) is 9.97 Å². The molecule has 0 bridgehead atoms. The molecule has 3 heterocycles. The number of rotatable bonds is 5. The number of hydrogen-bond donors (Lipinski definition) is 0. The monoisotopic (exact) mass is 362 g/mol. The van der Waals surface area contributed by atoms with Crippen molar-refractivity contribution >= 4 is 5.91 Å². The quantitative estimate of drug-likeness (QED) is 0.700. The van der Waals surface area contributed by atoms with Gasteiger partial charge in [0, 0.05) is 61.5 Å². The Morgan fingerprint density at radius 2 is 2.04 bits per heavy atom. The Balaban J connectivity index is 1.36. The SMILES string of the molecule is Cn1cncc1C1CCN(C(=O)c2ccc(OCc3cccnc3)cc2)C1. The number of aryl methyl sites for hydroxylation is 1. The van der Waals surface area contributed by atoms with Gasteiger partial charge in [0.05, 0.1) is 6.33 Å². The highest BCUT2D eigenvalue weighted by Crippen LogP contribution is 2.28. The van der Waals surface area contributed by atoms with E-state index < -0.39 is 0 Å². The molecule has 4 rings (SSSR count). The molecule has 6 nitrogen and oxygen atoms in total. The van der Waals surface area contributed by atoms with Crippen LogP contribution in [0, 0.1) is 0 Å². The summed E-state index contributed by atoms with van der Waals surface area (Å²) in [5.41, 5.74) is 2.88. The molecule has 1 amide bonds. The van der Waals surface area contributed by atoms with Gasteiger partial charge in [0.25, 0.3) is 5.91 Å². The minimum atomic E-state index is 0.0680. The van der Waals surface area contributed by atoms with Gasteiger partial charge < -0.3 is 14.2 Å². The number of nitrogens with zero attached hydrogens (tertiary/aromatic N) is 4. The van der Waals surface area contributed by atoms with Gasteiger partial charge in [0.15, 0.2) is 0 Å². The van der Waals surface area contributed by atoms with Crippen LogP contribution in [0.1, 0.15) is 34.0 Å². The third-order valence-corrected chi connectivity index (χ3v) is 4.98. The second kappa shape index (κ2) is 7.61. The summed E-state index contributed by atoms with van der Waals surface area (Å²) in [6.07, 6.45) is 8.19. The first-order chi connectivity index (χ1) is 13.2. The van der Waals surface area contributed by atoms with E-state index in [0.717, 1.165) is 30.8 Å². The van der Waals surface area contributed by atoms with Gasteiger partial charge in [-0.3, -0.25) is 9.78 Å². The van der Waals surface area contributed by atoms with Crippen LogP contribution in [-0.4, -0.2) is 38.4 Å². The van der Waals surface area contributed by atoms with Crippen molar-refractivity contribution in [3.8, 4) is 5.75 Å². The van der Waals surface area contributed by atoms with E-state index in [1.54, 1.807) is 12.4 Å². The van der Waals surface area contributed by atoms with Crippen LogP contribution >= 0.6 is 0 Å². The summed E-state index contributed by atoms with van der Waals surface area (Å²) in [6.45, 7) is 1.96. The molecular formula is C21H22N4O2. The number of carbonyl (C=O) groups is 1. The molecule has 2 aromatic heterocycles. The Labute approximate surface area is 158 Å². The predicted molar refractivity (Wildman–Crippen MR) is 101 cm³/mol. The Bertz CT molecular complexity index is 905. The fourth-order valence-electron chi connectivity index (χ4n) is 3.47. The number of carbonyl (C=O) groups excluding carboxylic acids is 1. The van der Waals surface area contributed by atoms with Crippen molar-refractivity contribution in [1.82, 2.24) is 19.4 Å². The van der Waals surface area contributed by atoms with Crippen molar-refractivity contribution in [2.45, 2.75) is 18.9 Å². The van der Waals surface area contributed by atoms with Crippen LogP contribution in [0.25, 0.3) is 0 Å². The first-order valence-electron chi connectivity index (χ1n) is 9.08. The van der Waals surface area contributed by atoms with Crippen molar-refractivity contribution in [3.05, 3.63) is 78.1 Å². The lowest BCUT2D eigenvalue weighted by Gasteiger charge is -2.17. The summed E-state index contributed by atoms with van der Waals surface area (Å²) in [7, 11) is 2.00. The minimum Gasteiger partial charge on any atom is -0.489 e. The molecule has 138 valence electrons. The Hall–Kier alpha value is -3.15. The van der Waals surface area contributed by atoms with E-state index in [-0.39, 0.29) is 5.91 Å². The zero-order chi connectivity index (χ0) is 18.6. The van der Waals surface area contributed by atoms with Crippen LogP contribution in [-0.2, 0) is 13.7 Å². The summed E-state index contributed by atoms with van der Waals surface area (Å²) in [5, 5.41) is 0. The van der Waals surface area contributed by atoms with Crippen molar-refractivity contribution in [3.63, 3.8) is 0 Å². The van der Waals surface area contributed by atoms with Crippen molar-refractivity contribution in [2.75, 3.05) is 13.1 Å². The van der Waals surface area contributed by atoms with E-state index in [4.69, 9.17) is 4.74 Å². The van der Waals surface area contributed by atoms with E-state index in [1.807, 2.05) is 65.4 Å². The largest absolute Gasteiger partial charge is 0.489 e. The maximum Gasteiger partial charge on any atom is 0.253 e. The lowest BCUT2D eigenvalue weighted by atomic mass is 10.1. The fourth-order valence-corrected chi connectivity index (χ4v) is 3.47. The third kappa shape index (κ3) is 3.84. The molecule has 6 heteroatoms. The summed E-state index contributed by atoms with van der Waals surface area (Å²) < 4.78 is 7.79. The molecular weight excluding hydrogens is 340 g/mol. The van der Waals surface area contributed by atoms with Gasteiger partial charge in [0.1, 0.15) is 12.4 Å². The third-order valence-electron chi connectivity index (χ3n) is 4.98. The van der Waals surface area contributed by atoms with Crippen molar-refractivity contribution < 1.29 is 9.53 Å². The standard InChI is InChI=1S/C21H22N4O2/c1-24-15-23-12-20(24)18-8-10-25(13-18)21(26)17-4-6-19(7-5-17)27-14-16-3-2-9-22-11-16/h2-7,9,11-12,15,18H,8,10,13-14H2,1H3. The smallest absolute Gasteiger partial charge is 0.253 e. The first-order valence-corrected chi connectivity index (χ1v) is 9.08. The molecule has 1 unspecified atom stereocenters. The molecule has 1 saturated heterocycles. The normalized spacial score (nSPS) is 16.5. The molecule has 0 aliphatic carbocycles.